The van der Waals surface area contributed by atoms with Gasteiger partial charge in [-0.1, -0.05) is 6.42 Å². The summed E-state index contributed by atoms with van der Waals surface area (Å²) in [7, 11) is 0. The van der Waals surface area contributed by atoms with Crippen molar-refractivity contribution >= 4 is 0 Å². The van der Waals surface area contributed by atoms with Crippen LogP contribution in [-0.2, 0) is 5.60 Å². The Kier molecular flexibility index (Phi) is 3.12. The van der Waals surface area contributed by atoms with Gasteiger partial charge in [0, 0.05) is 6.07 Å². The molecule has 2 bridgehead atoms. The highest BCUT2D eigenvalue weighted by molar-refractivity contribution is 5.24. The molecule has 0 aliphatic heterocycles. The van der Waals surface area contributed by atoms with Crippen molar-refractivity contribution in [3.8, 4) is 0 Å². The third-order valence-corrected chi connectivity index (χ3v) is 5.03. The average Bonchev–Trinajstić information content (AvgIpc) is 2.88. The molecule has 1 nitrogen and oxygen atoms in total. The first-order chi connectivity index (χ1) is 8.94. The number of fused-ring (bicyclic) bond motifs is 2. The number of hydrogen-bond acceptors (Lipinski definition) is 1. The first-order valence-electron chi connectivity index (χ1n) is 7.13. The van der Waals surface area contributed by atoms with Crippen LogP contribution in [-0.4, -0.2) is 5.11 Å². The maximum absolute atomic E-state index is 13.3. The molecule has 3 rings (SSSR count). The smallest absolute Gasteiger partial charge is 0.126 e. The van der Waals surface area contributed by atoms with Gasteiger partial charge in [0.25, 0.3) is 0 Å². The molecule has 2 fully saturated rings. The molecule has 1 aromatic carbocycles. The molecule has 2 saturated carbocycles. The Morgan fingerprint density at radius 2 is 1.84 bits per heavy atom. The van der Waals surface area contributed by atoms with Crippen molar-refractivity contribution in [2.24, 2.45) is 17.8 Å². The molecular formula is C16H20F2O. The predicted octanol–water partition coefficient (Wildman–Crippen LogP) is 4.00. The van der Waals surface area contributed by atoms with E-state index in [-0.39, 0.29) is 0 Å². The SMILES string of the molecule is CC(O)(CC1CC2CCC1C2)c1cc(F)cc(F)c1. The van der Waals surface area contributed by atoms with Gasteiger partial charge >= 0.3 is 0 Å². The summed E-state index contributed by atoms with van der Waals surface area (Å²) < 4.78 is 26.5. The molecule has 2 aliphatic carbocycles. The lowest BCUT2D eigenvalue weighted by Gasteiger charge is -2.31. The highest BCUT2D eigenvalue weighted by Gasteiger charge is 2.42. The number of hydrogen-bond donors (Lipinski definition) is 1. The van der Waals surface area contributed by atoms with Gasteiger partial charge in [0.05, 0.1) is 5.60 Å². The van der Waals surface area contributed by atoms with Gasteiger partial charge in [-0.3, -0.25) is 0 Å². The van der Waals surface area contributed by atoms with Gasteiger partial charge in [-0.05, 0) is 68.1 Å². The van der Waals surface area contributed by atoms with Crippen molar-refractivity contribution in [3.63, 3.8) is 0 Å². The van der Waals surface area contributed by atoms with Crippen molar-refractivity contribution in [1.82, 2.24) is 0 Å². The van der Waals surface area contributed by atoms with Gasteiger partial charge in [-0.25, -0.2) is 8.78 Å². The van der Waals surface area contributed by atoms with Crippen molar-refractivity contribution in [3.05, 3.63) is 35.4 Å². The molecule has 19 heavy (non-hydrogen) atoms. The van der Waals surface area contributed by atoms with E-state index in [1.807, 2.05) is 0 Å². The Balaban J connectivity index is 1.78. The molecule has 0 saturated heterocycles. The summed E-state index contributed by atoms with van der Waals surface area (Å²) in [6.07, 6.45) is 5.62. The highest BCUT2D eigenvalue weighted by atomic mass is 19.1. The standard InChI is InChI=1S/C16H20F2O/c1-16(19,13-6-14(17)8-15(18)7-13)9-12-5-10-2-3-11(12)4-10/h6-8,10-12,19H,2-5,9H2,1H3. The molecule has 0 radical (unpaired) electrons. The predicted molar refractivity (Wildman–Crippen MR) is 69.5 cm³/mol. The molecule has 104 valence electrons. The van der Waals surface area contributed by atoms with Gasteiger partial charge < -0.3 is 5.11 Å². The molecule has 3 heteroatoms. The zero-order chi connectivity index (χ0) is 13.6. The molecule has 0 aromatic heterocycles. The third-order valence-electron chi connectivity index (χ3n) is 5.03. The van der Waals surface area contributed by atoms with Crippen LogP contribution in [0.15, 0.2) is 18.2 Å². The Hall–Kier alpha value is -0.960. The summed E-state index contributed by atoms with van der Waals surface area (Å²) in [5.74, 6) is 0.774. The van der Waals surface area contributed by atoms with E-state index in [0.717, 1.165) is 12.0 Å². The van der Waals surface area contributed by atoms with Crippen LogP contribution in [0.2, 0.25) is 0 Å². The number of halogens is 2. The van der Waals surface area contributed by atoms with Gasteiger partial charge in [0.15, 0.2) is 0 Å². The molecule has 1 aromatic rings. The summed E-state index contributed by atoms with van der Waals surface area (Å²) in [5, 5.41) is 10.6. The fourth-order valence-electron chi connectivity index (χ4n) is 4.12. The fourth-order valence-corrected chi connectivity index (χ4v) is 4.12. The van der Waals surface area contributed by atoms with Crippen molar-refractivity contribution in [1.29, 1.82) is 0 Å². The Bertz CT molecular complexity index is 463. The van der Waals surface area contributed by atoms with Crippen molar-refractivity contribution < 1.29 is 13.9 Å². The number of benzene rings is 1. The maximum atomic E-state index is 13.3. The van der Waals surface area contributed by atoms with E-state index >= 15 is 0 Å². The summed E-state index contributed by atoms with van der Waals surface area (Å²) in [6, 6.07) is 3.34. The molecule has 0 amide bonds. The Morgan fingerprint density at radius 1 is 1.16 bits per heavy atom. The lowest BCUT2D eigenvalue weighted by molar-refractivity contribution is 0.0199. The van der Waals surface area contributed by atoms with Crippen LogP contribution in [0.4, 0.5) is 8.78 Å². The normalized spacial score (nSPS) is 32.5. The topological polar surface area (TPSA) is 20.2 Å². The highest BCUT2D eigenvalue weighted by Crippen LogP contribution is 2.51. The zero-order valence-electron chi connectivity index (χ0n) is 11.2. The third kappa shape index (κ3) is 2.53. The van der Waals surface area contributed by atoms with Gasteiger partial charge in [-0.15, -0.1) is 0 Å². The monoisotopic (exact) mass is 266 g/mol. The Labute approximate surface area is 112 Å². The first kappa shape index (κ1) is 13.0. The fraction of sp³-hybridized carbons (Fsp3) is 0.625. The van der Waals surface area contributed by atoms with Crippen LogP contribution in [0.3, 0.4) is 0 Å². The van der Waals surface area contributed by atoms with Gasteiger partial charge in [0.2, 0.25) is 0 Å². The molecule has 0 heterocycles. The molecule has 1 N–H and O–H groups in total. The van der Waals surface area contributed by atoms with E-state index in [1.165, 1.54) is 37.8 Å². The van der Waals surface area contributed by atoms with Gasteiger partial charge in [0.1, 0.15) is 11.6 Å². The van der Waals surface area contributed by atoms with E-state index in [0.29, 0.717) is 23.8 Å². The second-order valence-corrected chi connectivity index (χ2v) is 6.57. The van der Waals surface area contributed by atoms with E-state index in [1.54, 1.807) is 6.92 Å². The van der Waals surface area contributed by atoms with E-state index < -0.39 is 17.2 Å². The minimum atomic E-state index is -1.14. The lowest BCUT2D eigenvalue weighted by Crippen LogP contribution is -2.27. The van der Waals surface area contributed by atoms with E-state index in [9.17, 15) is 13.9 Å². The van der Waals surface area contributed by atoms with Gasteiger partial charge in [-0.2, -0.15) is 0 Å². The van der Waals surface area contributed by atoms with Crippen LogP contribution in [0.1, 0.15) is 44.6 Å². The number of aliphatic hydroxyl groups is 1. The Morgan fingerprint density at radius 3 is 2.37 bits per heavy atom. The van der Waals surface area contributed by atoms with Crippen molar-refractivity contribution in [2.75, 3.05) is 0 Å². The van der Waals surface area contributed by atoms with Crippen LogP contribution >= 0.6 is 0 Å². The van der Waals surface area contributed by atoms with E-state index in [2.05, 4.69) is 0 Å². The molecular weight excluding hydrogens is 246 g/mol. The summed E-state index contributed by atoms with van der Waals surface area (Å²) >= 11 is 0. The van der Waals surface area contributed by atoms with Crippen molar-refractivity contribution in [2.45, 2.75) is 44.6 Å². The minimum absolute atomic E-state index is 0.354. The average molecular weight is 266 g/mol. The summed E-state index contributed by atoms with van der Waals surface area (Å²) in [4.78, 5) is 0. The molecule has 2 aliphatic rings. The quantitative estimate of drug-likeness (QED) is 0.876. The largest absolute Gasteiger partial charge is 0.385 e. The first-order valence-corrected chi connectivity index (χ1v) is 7.13. The molecule has 4 atom stereocenters. The molecule has 0 spiro atoms. The molecule has 4 unspecified atom stereocenters. The second-order valence-electron chi connectivity index (χ2n) is 6.57. The van der Waals surface area contributed by atoms with Crippen LogP contribution < -0.4 is 0 Å². The minimum Gasteiger partial charge on any atom is -0.385 e. The summed E-state index contributed by atoms with van der Waals surface area (Å²) in [5.41, 5.74) is -0.786. The summed E-state index contributed by atoms with van der Waals surface area (Å²) in [6.45, 7) is 1.67. The van der Waals surface area contributed by atoms with Crippen LogP contribution in [0.25, 0.3) is 0 Å². The van der Waals surface area contributed by atoms with E-state index in [4.69, 9.17) is 0 Å². The van der Waals surface area contributed by atoms with Crippen LogP contribution in [0, 0.1) is 29.4 Å². The number of rotatable bonds is 3. The lowest BCUT2D eigenvalue weighted by atomic mass is 9.78. The van der Waals surface area contributed by atoms with Crippen LogP contribution in [0.5, 0.6) is 0 Å². The maximum Gasteiger partial charge on any atom is 0.126 e. The zero-order valence-corrected chi connectivity index (χ0v) is 11.2. The second kappa shape index (κ2) is 4.55.